The number of carbonyl (C=O) groups is 2. The maximum absolute atomic E-state index is 12.9. The molecule has 0 bridgehead atoms. The van der Waals surface area contributed by atoms with Gasteiger partial charge in [-0.2, -0.15) is 4.98 Å². The Kier molecular flexibility index (Phi) is 11.4. The maximum atomic E-state index is 12.9. The first-order valence-corrected chi connectivity index (χ1v) is 14.8. The van der Waals surface area contributed by atoms with Gasteiger partial charge in [-0.05, 0) is 63.1 Å². The average Bonchev–Trinajstić information content (AvgIpc) is 2.96. The molecule has 0 saturated heterocycles. The van der Waals surface area contributed by atoms with Crippen molar-refractivity contribution in [1.29, 1.82) is 0 Å². The molecule has 1 aromatic heterocycles. The van der Waals surface area contributed by atoms with Crippen LogP contribution in [0.25, 0.3) is 0 Å². The predicted molar refractivity (Wildman–Crippen MR) is 157 cm³/mol. The molecule has 220 valence electrons. The summed E-state index contributed by atoms with van der Waals surface area (Å²) >= 11 is 0. The van der Waals surface area contributed by atoms with Gasteiger partial charge in [0, 0.05) is 24.2 Å². The second-order valence-corrected chi connectivity index (χ2v) is 12.0. The molecular formula is C28H36N6O6S. The fraction of sp³-hybridized carbons (Fsp3) is 0.357. The molecule has 0 fully saturated rings. The van der Waals surface area contributed by atoms with E-state index in [9.17, 15) is 18.0 Å². The third-order valence-electron chi connectivity index (χ3n) is 6.15. The van der Waals surface area contributed by atoms with E-state index in [2.05, 4.69) is 25.9 Å². The standard InChI is InChI=1S/C28H36N6O6S/c1-19(2)41(38,39)24-11-9-8-10-22(24)32-27-23(40-3)18-29-28(33-27)31-21-16-14-20(15-17-21)30-25(35)12-6-4-5-7-13-26(36)34-37/h8-11,14-19,37H,4-7,12-13H2,1-3H3,(H,30,35)(H,34,36)(H2,29,31,32,33). The summed E-state index contributed by atoms with van der Waals surface area (Å²) in [4.78, 5) is 32.2. The molecule has 0 unspecified atom stereocenters. The lowest BCUT2D eigenvalue weighted by atomic mass is 10.1. The third kappa shape index (κ3) is 9.15. The summed E-state index contributed by atoms with van der Waals surface area (Å²) in [5, 5.41) is 16.9. The van der Waals surface area contributed by atoms with Crippen molar-refractivity contribution in [2.75, 3.05) is 23.1 Å². The van der Waals surface area contributed by atoms with Crippen LogP contribution in [0.1, 0.15) is 52.4 Å². The first-order valence-electron chi connectivity index (χ1n) is 13.2. The van der Waals surface area contributed by atoms with E-state index < -0.39 is 21.0 Å². The largest absolute Gasteiger partial charge is 0.491 e. The zero-order valence-electron chi connectivity index (χ0n) is 23.3. The van der Waals surface area contributed by atoms with Crippen LogP contribution in [0.4, 0.5) is 28.8 Å². The topological polar surface area (TPSA) is 172 Å². The van der Waals surface area contributed by atoms with E-state index in [4.69, 9.17) is 9.94 Å². The number of ether oxygens (including phenoxy) is 1. The number of anilines is 5. The lowest BCUT2D eigenvalue weighted by Gasteiger charge is -2.16. The molecule has 3 rings (SSSR count). The number of nitrogens with one attached hydrogen (secondary N) is 4. The number of hydroxylamine groups is 1. The van der Waals surface area contributed by atoms with E-state index in [1.54, 1.807) is 67.9 Å². The first-order chi connectivity index (χ1) is 19.6. The van der Waals surface area contributed by atoms with Crippen molar-refractivity contribution in [3.8, 4) is 5.75 Å². The van der Waals surface area contributed by atoms with Crippen LogP contribution in [-0.4, -0.2) is 47.8 Å². The Balaban J connectivity index is 1.60. The molecule has 41 heavy (non-hydrogen) atoms. The van der Waals surface area contributed by atoms with Gasteiger partial charge in [0.15, 0.2) is 21.4 Å². The molecule has 0 saturated carbocycles. The summed E-state index contributed by atoms with van der Waals surface area (Å²) in [6.45, 7) is 3.26. The van der Waals surface area contributed by atoms with E-state index in [0.717, 1.165) is 12.8 Å². The van der Waals surface area contributed by atoms with Crippen LogP contribution in [0.15, 0.2) is 59.6 Å². The van der Waals surface area contributed by atoms with Crippen molar-refractivity contribution >= 4 is 50.5 Å². The number of unbranched alkanes of at least 4 members (excludes halogenated alkanes) is 3. The minimum atomic E-state index is -3.55. The number of amides is 2. The van der Waals surface area contributed by atoms with Gasteiger partial charge in [-0.15, -0.1) is 0 Å². The van der Waals surface area contributed by atoms with E-state index in [1.807, 2.05) is 0 Å². The molecule has 0 aliphatic rings. The Labute approximate surface area is 239 Å². The second kappa shape index (κ2) is 15.0. The summed E-state index contributed by atoms with van der Waals surface area (Å²) in [6.07, 6.45) is 5.08. The Morgan fingerprint density at radius 3 is 2.17 bits per heavy atom. The summed E-state index contributed by atoms with van der Waals surface area (Å²) in [7, 11) is -2.07. The predicted octanol–water partition coefficient (Wildman–Crippen LogP) is 4.94. The van der Waals surface area contributed by atoms with Crippen molar-refractivity contribution < 1.29 is 28.0 Å². The zero-order chi connectivity index (χ0) is 29.8. The van der Waals surface area contributed by atoms with Crippen LogP contribution in [-0.2, 0) is 19.4 Å². The number of rotatable bonds is 15. The molecule has 1 heterocycles. The lowest BCUT2D eigenvalue weighted by molar-refractivity contribution is -0.129. The summed E-state index contributed by atoms with van der Waals surface area (Å²) in [6, 6.07) is 13.7. The molecule has 0 aliphatic heterocycles. The minimum Gasteiger partial charge on any atom is -0.491 e. The number of aromatic nitrogens is 2. The average molecular weight is 585 g/mol. The van der Waals surface area contributed by atoms with Crippen LogP contribution in [0.3, 0.4) is 0 Å². The molecule has 2 amide bonds. The summed E-state index contributed by atoms with van der Waals surface area (Å²) < 4.78 is 31.1. The lowest BCUT2D eigenvalue weighted by Crippen LogP contribution is -2.17. The highest BCUT2D eigenvalue weighted by Crippen LogP contribution is 2.31. The molecule has 3 aromatic rings. The minimum absolute atomic E-state index is 0.104. The van der Waals surface area contributed by atoms with Crippen molar-refractivity contribution in [3.05, 3.63) is 54.7 Å². The van der Waals surface area contributed by atoms with Gasteiger partial charge in [0.2, 0.25) is 17.8 Å². The van der Waals surface area contributed by atoms with Crippen molar-refractivity contribution in [3.63, 3.8) is 0 Å². The first kappa shape index (κ1) is 31.3. The number of nitrogens with zero attached hydrogens (tertiary/aromatic N) is 2. The molecule has 2 aromatic carbocycles. The van der Waals surface area contributed by atoms with Crippen LogP contribution in [0, 0.1) is 0 Å². The summed E-state index contributed by atoms with van der Waals surface area (Å²) in [5.74, 6) is 0.369. The van der Waals surface area contributed by atoms with E-state index in [0.29, 0.717) is 42.1 Å². The smallest absolute Gasteiger partial charge is 0.243 e. The van der Waals surface area contributed by atoms with Crippen LogP contribution < -0.4 is 26.2 Å². The van der Waals surface area contributed by atoms with E-state index in [1.165, 1.54) is 13.3 Å². The van der Waals surface area contributed by atoms with Crippen molar-refractivity contribution in [2.24, 2.45) is 0 Å². The highest BCUT2D eigenvalue weighted by Gasteiger charge is 2.23. The number of hydrogen-bond donors (Lipinski definition) is 5. The molecule has 0 radical (unpaired) electrons. The molecule has 0 aliphatic carbocycles. The zero-order valence-corrected chi connectivity index (χ0v) is 24.1. The number of benzene rings is 2. The van der Waals surface area contributed by atoms with Gasteiger partial charge < -0.3 is 20.7 Å². The molecule has 0 spiro atoms. The molecule has 5 N–H and O–H groups in total. The van der Waals surface area contributed by atoms with Gasteiger partial charge in [-0.1, -0.05) is 25.0 Å². The van der Waals surface area contributed by atoms with Crippen LogP contribution in [0.5, 0.6) is 5.75 Å². The van der Waals surface area contributed by atoms with Gasteiger partial charge >= 0.3 is 0 Å². The number of methoxy groups -OCH3 is 1. The Morgan fingerprint density at radius 2 is 1.54 bits per heavy atom. The number of para-hydroxylation sites is 1. The highest BCUT2D eigenvalue weighted by atomic mass is 32.2. The van der Waals surface area contributed by atoms with Gasteiger partial charge in [0.05, 0.1) is 29.1 Å². The molecule has 0 atom stereocenters. The number of sulfone groups is 1. The Bertz CT molecular complexity index is 1430. The molecular weight excluding hydrogens is 548 g/mol. The van der Waals surface area contributed by atoms with E-state index in [-0.39, 0.29) is 29.0 Å². The summed E-state index contributed by atoms with van der Waals surface area (Å²) in [5.41, 5.74) is 3.29. The number of hydrogen-bond acceptors (Lipinski definition) is 10. The van der Waals surface area contributed by atoms with Gasteiger partial charge in [0.1, 0.15) is 0 Å². The van der Waals surface area contributed by atoms with Crippen molar-refractivity contribution in [1.82, 2.24) is 15.4 Å². The fourth-order valence-corrected chi connectivity index (χ4v) is 5.04. The van der Waals surface area contributed by atoms with E-state index >= 15 is 0 Å². The SMILES string of the molecule is COc1cnc(Nc2ccc(NC(=O)CCCCCCC(=O)NO)cc2)nc1Nc1ccccc1S(=O)(=O)C(C)C. The van der Waals surface area contributed by atoms with Crippen LogP contribution >= 0.6 is 0 Å². The van der Waals surface area contributed by atoms with Gasteiger partial charge in [0.25, 0.3) is 0 Å². The van der Waals surface area contributed by atoms with Crippen LogP contribution in [0.2, 0.25) is 0 Å². The second-order valence-electron chi connectivity index (χ2n) is 9.53. The van der Waals surface area contributed by atoms with Gasteiger partial charge in [-0.25, -0.2) is 18.9 Å². The van der Waals surface area contributed by atoms with Crippen molar-refractivity contribution in [2.45, 2.75) is 62.5 Å². The monoisotopic (exact) mass is 584 g/mol. The Morgan fingerprint density at radius 1 is 0.902 bits per heavy atom. The molecule has 12 nitrogen and oxygen atoms in total. The normalized spacial score (nSPS) is 11.1. The van der Waals surface area contributed by atoms with Gasteiger partial charge in [-0.3, -0.25) is 14.8 Å². The molecule has 13 heteroatoms. The maximum Gasteiger partial charge on any atom is 0.243 e. The highest BCUT2D eigenvalue weighted by molar-refractivity contribution is 7.92. The quantitative estimate of drug-likeness (QED) is 0.0936. The Hall–Kier alpha value is -4.23. The third-order valence-corrected chi connectivity index (χ3v) is 8.36. The fourth-order valence-electron chi connectivity index (χ4n) is 3.84. The number of carbonyl (C=O) groups excluding carboxylic acids is 2.